The SMILES string of the molecule is CCN1CCN(CC(C)CNC(=NC)NC2CN(C(C)C)CC2C)CC1. The fraction of sp³-hybridized carbons (Fsp3) is 0.950. The molecule has 0 aromatic carbocycles. The summed E-state index contributed by atoms with van der Waals surface area (Å²) in [6, 6.07) is 1.11. The summed E-state index contributed by atoms with van der Waals surface area (Å²) in [6.07, 6.45) is 0. The summed E-state index contributed by atoms with van der Waals surface area (Å²) in [5, 5.41) is 7.20. The van der Waals surface area contributed by atoms with Crippen LogP contribution in [0, 0.1) is 11.8 Å². The highest BCUT2D eigenvalue weighted by atomic mass is 15.3. The Morgan fingerprint density at radius 3 is 2.27 bits per heavy atom. The Kier molecular flexibility index (Phi) is 8.64. The molecule has 26 heavy (non-hydrogen) atoms. The molecule has 3 atom stereocenters. The predicted octanol–water partition coefficient (Wildman–Crippen LogP) is 1.15. The van der Waals surface area contributed by atoms with Crippen molar-refractivity contribution in [1.82, 2.24) is 25.3 Å². The zero-order valence-corrected chi connectivity index (χ0v) is 18.0. The fourth-order valence-electron chi connectivity index (χ4n) is 4.05. The van der Waals surface area contributed by atoms with Crippen molar-refractivity contribution in [3.8, 4) is 0 Å². The Balaban J connectivity index is 1.70. The zero-order valence-electron chi connectivity index (χ0n) is 18.0. The van der Waals surface area contributed by atoms with Gasteiger partial charge in [-0.2, -0.15) is 0 Å². The van der Waals surface area contributed by atoms with Gasteiger partial charge in [0.1, 0.15) is 0 Å². The summed E-state index contributed by atoms with van der Waals surface area (Å²) in [5.41, 5.74) is 0. The van der Waals surface area contributed by atoms with Gasteiger partial charge in [0.2, 0.25) is 0 Å². The average molecular weight is 367 g/mol. The second kappa shape index (κ2) is 10.5. The van der Waals surface area contributed by atoms with Crippen LogP contribution in [-0.4, -0.2) is 98.7 Å². The molecule has 0 amide bonds. The Bertz CT molecular complexity index is 430. The molecule has 0 aliphatic carbocycles. The molecular formula is C20H42N6. The standard InChI is InChI=1S/C20H42N6/c1-7-24-8-10-25(11-9-24)13-17(4)12-22-20(21-6)23-19-15-26(16(2)3)14-18(19)5/h16-19H,7-15H2,1-6H3,(H2,21,22,23). The fourth-order valence-corrected chi connectivity index (χ4v) is 4.05. The summed E-state index contributed by atoms with van der Waals surface area (Å²) in [6.45, 7) is 21.9. The first-order chi connectivity index (χ1) is 12.4. The lowest BCUT2D eigenvalue weighted by molar-refractivity contribution is 0.124. The highest BCUT2D eigenvalue weighted by molar-refractivity contribution is 5.80. The number of likely N-dealkylation sites (N-methyl/N-ethyl adjacent to an activating group) is 1. The van der Waals surface area contributed by atoms with Crippen LogP contribution in [0.25, 0.3) is 0 Å². The van der Waals surface area contributed by atoms with Gasteiger partial charge in [0.25, 0.3) is 0 Å². The zero-order chi connectivity index (χ0) is 19.1. The molecule has 2 rings (SSSR count). The van der Waals surface area contributed by atoms with Gasteiger partial charge in [-0.25, -0.2) is 0 Å². The number of piperazine rings is 1. The highest BCUT2D eigenvalue weighted by Crippen LogP contribution is 2.18. The Hall–Kier alpha value is -0.850. The molecule has 6 nitrogen and oxygen atoms in total. The maximum Gasteiger partial charge on any atom is 0.191 e. The molecule has 0 radical (unpaired) electrons. The van der Waals surface area contributed by atoms with E-state index in [2.05, 4.69) is 64.9 Å². The van der Waals surface area contributed by atoms with Crippen LogP contribution in [-0.2, 0) is 0 Å². The first-order valence-corrected chi connectivity index (χ1v) is 10.6. The second-order valence-electron chi connectivity index (χ2n) is 8.57. The molecule has 6 heteroatoms. The lowest BCUT2D eigenvalue weighted by Gasteiger charge is -2.35. The summed E-state index contributed by atoms with van der Waals surface area (Å²) in [7, 11) is 1.88. The van der Waals surface area contributed by atoms with Crippen LogP contribution in [0.5, 0.6) is 0 Å². The van der Waals surface area contributed by atoms with Crippen LogP contribution >= 0.6 is 0 Å². The lowest BCUT2D eigenvalue weighted by atomic mass is 10.1. The van der Waals surface area contributed by atoms with E-state index < -0.39 is 0 Å². The number of hydrogen-bond donors (Lipinski definition) is 2. The van der Waals surface area contributed by atoms with Crippen molar-refractivity contribution in [2.24, 2.45) is 16.8 Å². The van der Waals surface area contributed by atoms with Crippen molar-refractivity contribution in [3.63, 3.8) is 0 Å². The van der Waals surface area contributed by atoms with E-state index in [4.69, 9.17) is 0 Å². The molecule has 0 aromatic heterocycles. The van der Waals surface area contributed by atoms with Gasteiger partial charge < -0.3 is 20.4 Å². The van der Waals surface area contributed by atoms with Crippen LogP contribution in [0.1, 0.15) is 34.6 Å². The van der Waals surface area contributed by atoms with Crippen molar-refractivity contribution in [3.05, 3.63) is 0 Å². The second-order valence-corrected chi connectivity index (χ2v) is 8.57. The third kappa shape index (κ3) is 6.39. The van der Waals surface area contributed by atoms with Crippen molar-refractivity contribution in [1.29, 1.82) is 0 Å². The Labute approximate surface area is 161 Å². The smallest absolute Gasteiger partial charge is 0.191 e. The molecule has 2 fully saturated rings. The van der Waals surface area contributed by atoms with Gasteiger partial charge in [-0.15, -0.1) is 0 Å². The minimum atomic E-state index is 0.487. The Morgan fingerprint density at radius 2 is 1.73 bits per heavy atom. The normalized spacial score (nSPS) is 27.9. The number of guanidine groups is 1. The molecule has 152 valence electrons. The van der Waals surface area contributed by atoms with Crippen LogP contribution < -0.4 is 10.6 Å². The molecule has 0 spiro atoms. The molecule has 0 saturated carbocycles. The van der Waals surface area contributed by atoms with Crippen molar-refractivity contribution in [2.75, 3.05) is 66.0 Å². The summed E-state index contributed by atoms with van der Waals surface area (Å²) >= 11 is 0. The topological polar surface area (TPSA) is 46.1 Å². The maximum absolute atomic E-state index is 4.45. The number of rotatable bonds is 7. The minimum absolute atomic E-state index is 0.487. The molecule has 3 unspecified atom stereocenters. The van der Waals surface area contributed by atoms with Gasteiger partial charge in [-0.3, -0.25) is 9.89 Å². The predicted molar refractivity (Wildman–Crippen MR) is 112 cm³/mol. The number of nitrogens with one attached hydrogen (secondary N) is 2. The third-order valence-electron chi connectivity index (χ3n) is 6.02. The molecule has 2 aliphatic heterocycles. The summed E-state index contributed by atoms with van der Waals surface area (Å²) < 4.78 is 0. The van der Waals surface area contributed by atoms with E-state index in [1.165, 1.54) is 45.8 Å². The van der Waals surface area contributed by atoms with Gasteiger partial charge in [-0.05, 0) is 32.2 Å². The molecule has 2 saturated heterocycles. The summed E-state index contributed by atoms with van der Waals surface area (Å²) in [4.78, 5) is 12.1. The quantitative estimate of drug-likeness (QED) is 0.523. The molecule has 0 bridgehead atoms. The van der Waals surface area contributed by atoms with Crippen molar-refractivity contribution >= 4 is 5.96 Å². The molecular weight excluding hydrogens is 324 g/mol. The molecule has 2 heterocycles. The van der Waals surface area contributed by atoms with Gasteiger partial charge >= 0.3 is 0 Å². The minimum Gasteiger partial charge on any atom is -0.356 e. The highest BCUT2D eigenvalue weighted by Gasteiger charge is 2.31. The van der Waals surface area contributed by atoms with Crippen molar-refractivity contribution in [2.45, 2.75) is 46.7 Å². The van der Waals surface area contributed by atoms with Crippen LogP contribution in [0.2, 0.25) is 0 Å². The first-order valence-electron chi connectivity index (χ1n) is 10.6. The largest absolute Gasteiger partial charge is 0.356 e. The first kappa shape index (κ1) is 21.5. The van der Waals surface area contributed by atoms with E-state index in [-0.39, 0.29) is 0 Å². The van der Waals surface area contributed by atoms with E-state index in [1.54, 1.807) is 0 Å². The molecule has 2 N–H and O–H groups in total. The number of aliphatic imine (C=N–C) groups is 1. The monoisotopic (exact) mass is 366 g/mol. The third-order valence-corrected chi connectivity index (χ3v) is 6.02. The lowest BCUT2D eigenvalue weighted by Crippen LogP contribution is -2.50. The number of likely N-dealkylation sites (tertiary alicyclic amines) is 1. The van der Waals surface area contributed by atoms with E-state index in [1.807, 2.05) is 7.05 Å². The summed E-state index contributed by atoms with van der Waals surface area (Å²) in [5.74, 6) is 2.23. The van der Waals surface area contributed by atoms with Crippen LogP contribution in [0.3, 0.4) is 0 Å². The van der Waals surface area contributed by atoms with Gasteiger partial charge in [-0.1, -0.05) is 20.8 Å². The van der Waals surface area contributed by atoms with Gasteiger partial charge in [0.05, 0.1) is 0 Å². The van der Waals surface area contributed by atoms with Gasteiger partial charge in [0, 0.05) is 71.5 Å². The van der Waals surface area contributed by atoms with E-state index >= 15 is 0 Å². The number of nitrogens with zero attached hydrogens (tertiary/aromatic N) is 4. The van der Waals surface area contributed by atoms with Gasteiger partial charge in [0.15, 0.2) is 5.96 Å². The van der Waals surface area contributed by atoms with Crippen molar-refractivity contribution < 1.29 is 0 Å². The molecule has 2 aliphatic rings. The maximum atomic E-state index is 4.45. The van der Waals surface area contributed by atoms with Crippen LogP contribution in [0.15, 0.2) is 4.99 Å². The van der Waals surface area contributed by atoms with E-state index in [0.29, 0.717) is 23.9 Å². The van der Waals surface area contributed by atoms with E-state index in [9.17, 15) is 0 Å². The molecule has 0 aromatic rings. The Morgan fingerprint density at radius 1 is 1.08 bits per heavy atom. The average Bonchev–Trinajstić information content (AvgIpc) is 3.00. The number of hydrogen-bond acceptors (Lipinski definition) is 4. The van der Waals surface area contributed by atoms with E-state index in [0.717, 1.165) is 19.0 Å². The van der Waals surface area contributed by atoms with Crippen LogP contribution in [0.4, 0.5) is 0 Å².